The third kappa shape index (κ3) is 3.60. The summed E-state index contributed by atoms with van der Waals surface area (Å²) in [6, 6.07) is 11.1. The van der Waals surface area contributed by atoms with Crippen molar-refractivity contribution < 1.29 is 4.39 Å². The molecule has 21 heavy (non-hydrogen) atoms. The number of hydrogen-bond donors (Lipinski definition) is 0. The van der Waals surface area contributed by atoms with Gasteiger partial charge in [0, 0.05) is 49.0 Å². The minimum Gasteiger partial charge on any atom is -0.354 e. The van der Waals surface area contributed by atoms with Crippen LogP contribution in [-0.2, 0) is 6.54 Å². The van der Waals surface area contributed by atoms with Crippen molar-refractivity contribution in [3.8, 4) is 0 Å². The van der Waals surface area contributed by atoms with Crippen LogP contribution in [-0.4, -0.2) is 36.1 Å². The molecule has 3 nitrogen and oxygen atoms in total. The van der Waals surface area contributed by atoms with Crippen molar-refractivity contribution in [1.82, 2.24) is 9.88 Å². The third-order valence-electron chi connectivity index (χ3n) is 3.75. The third-order valence-corrected chi connectivity index (χ3v) is 4.24. The highest BCUT2D eigenvalue weighted by Gasteiger charge is 2.18. The van der Waals surface area contributed by atoms with Crippen molar-refractivity contribution in [2.24, 2.45) is 0 Å². The molecule has 0 aliphatic carbocycles. The molecule has 0 atom stereocenters. The van der Waals surface area contributed by atoms with Gasteiger partial charge in [0.05, 0.1) is 0 Å². The van der Waals surface area contributed by atoms with Gasteiger partial charge in [0.25, 0.3) is 0 Å². The molecular formula is C16H17BrFN3. The standard InChI is InChI=1S/C16H17BrFN3/c17-14-4-5-15(18)13(11-14)12-20-7-9-21(10-8-20)16-3-1-2-6-19-16/h1-6,11H,7-10,12H2. The summed E-state index contributed by atoms with van der Waals surface area (Å²) in [5.41, 5.74) is 0.746. The second-order valence-electron chi connectivity index (χ2n) is 5.19. The zero-order chi connectivity index (χ0) is 14.7. The van der Waals surface area contributed by atoms with E-state index >= 15 is 0 Å². The van der Waals surface area contributed by atoms with Gasteiger partial charge < -0.3 is 4.90 Å². The first-order valence-corrected chi connectivity index (χ1v) is 7.84. The molecule has 110 valence electrons. The Balaban J connectivity index is 1.60. The van der Waals surface area contributed by atoms with Crippen molar-refractivity contribution in [3.63, 3.8) is 0 Å². The quantitative estimate of drug-likeness (QED) is 0.847. The maximum absolute atomic E-state index is 13.8. The molecule has 1 fully saturated rings. The van der Waals surface area contributed by atoms with Crippen LogP contribution in [0.15, 0.2) is 47.1 Å². The molecule has 2 heterocycles. The Labute approximate surface area is 132 Å². The van der Waals surface area contributed by atoms with Crippen LogP contribution in [0.3, 0.4) is 0 Å². The van der Waals surface area contributed by atoms with Crippen molar-refractivity contribution in [2.45, 2.75) is 6.54 Å². The fraction of sp³-hybridized carbons (Fsp3) is 0.312. The van der Waals surface area contributed by atoms with E-state index in [2.05, 4.69) is 30.7 Å². The fourth-order valence-electron chi connectivity index (χ4n) is 2.58. The maximum atomic E-state index is 13.8. The monoisotopic (exact) mass is 349 g/mol. The topological polar surface area (TPSA) is 19.4 Å². The molecule has 1 aromatic heterocycles. The number of benzene rings is 1. The highest BCUT2D eigenvalue weighted by Crippen LogP contribution is 2.19. The van der Waals surface area contributed by atoms with Crippen LogP contribution in [0.1, 0.15) is 5.56 Å². The summed E-state index contributed by atoms with van der Waals surface area (Å²) in [5.74, 6) is 0.885. The highest BCUT2D eigenvalue weighted by molar-refractivity contribution is 9.10. The van der Waals surface area contributed by atoms with Crippen LogP contribution >= 0.6 is 15.9 Å². The van der Waals surface area contributed by atoms with Crippen molar-refractivity contribution in [2.75, 3.05) is 31.1 Å². The van der Waals surface area contributed by atoms with Gasteiger partial charge in [0.2, 0.25) is 0 Å². The second-order valence-corrected chi connectivity index (χ2v) is 6.10. The van der Waals surface area contributed by atoms with Gasteiger partial charge in [0.15, 0.2) is 0 Å². The average Bonchev–Trinajstić information content (AvgIpc) is 2.53. The summed E-state index contributed by atoms with van der Waals surface area (Å²) in [7, 11) is 0. The molecule has 0 radical (unpaired) electrons. The smallest absolute Gasteiger partial charge is 0.128 e. The molecule has 3 rings (SSSR count). The maximum Gasteiger partial charge on any atom is 0.128 e. The summed E-state index contributed by atoms with van der Waals surface area (Å²) >= 11 is 3.40. The van der Waals surface area contributed by atoms with E-state index < -0.39 is 0 Å². The minimum atomic E-state index is -0.134. The van der Waals surface area contributed by atoms with E-state index in [1.165, 1.54) is 6.07 Å². The molecule has 0 unspecified atom stereocenters. The lowest BCUT2D eigenvalue weighted by molar-refractivity contribution is 0.246. The van der Waals surface area contributed by atoms with E-state index in [0.29, 0.717) is 6.54 Å². The minimum absolute atomic E-state index is 0.134. The molecule has 0 amide bonds. The van der Waals surface area contributed by atoms with E-state index in [1.807, 2.05) is 30.5 Å². The van der Waals surface area contributed by atoms with Crippen LogP contribution in [0.4, 0.5) is 10.2 Å². The lowest BCUT2D eigenvalue weighted by Gasteiger charge is -2.35. The predicted molar refractivity (Wildman–Crippen MR) is 85.8 cm³/mol. The van der Waals surface area contributed by atoms with E-state index in [-0.39, 0.29) is 5.82 Å². The Hall–Kier alpha value is -1.46. The number of halogens is 2. The molecule has 2 aromatic rings. The summed E-state index contributed by atoms with van der Waals surface area (Å²) in [6.45, 7) is 4.34. The van der Waals surface area contributed by atoms with Gasteiger partial charge in [0.1, 0.15) is 11.6 Å². The second kappa shape index (κ2) is 6.54. The molecule has 1 aliphatic rings. The Bertz CT molecular complexity index is 598. The van der Waals surface area contributed by atoms with E-state index in [9.17, 15) is 4.39 Å². The lowest BCUT2D eigenvalue weighted by Crippen LogP contribution is -2.46. The van der Waals surface area contributed by atoms with Gasteiger partial charge in [-0.15, -0.1) is 0 Å². The van der Waals surface area contributed by atoms with Crippen molar-refractivity contribution in [1.29, 1.82) is 0 Å². The summed E-state index contributed by atoms with van der Waals surface area (Å²) < 4.78 is 14.7. The average molecular weight is 350 g/mol. The first kappa shape index (κ1) is 14.5. The van der Waals surface area contributed by atoms with Gasteiger partial charge in [-0.1, -0.05) is 22.0 Å². The van der Waals surface area contributed by atoms with Crippen molar-refractivity contribution in [3.05, 3.63) is 58.4 Å². The number of anilines is 1. The van der Waals surface area contributed by atoms with E-state index in [0.717, 1.165) is 42.0 Å². The number of nitrogens with zero attached hydrogens (tertiary/aromatic N) is 3. The molecule has 0 bridgehead atoms. The zero-order valence-corrected chi connectivity index (χ0v) is 13.3. The number of pyridine rings is 1. The van der Waals surface area contributed by atoms with Gasteiger partial charge in [-0.2, -0.15) is 0 Å². The van der Waals surface area contributed by atoms with Crippen LogP contribution in [0.2, 0.25) is 0 Å². The fourth-order valence-corrected chi connectivity index (χ4v) is 2.99. The molecular weight excluding hydrogens is 333 g/mol. The van der Waals surface area contributed by atoms with Crippen LogP contribution < -0.4 is 4.90 Å². The summed E-state index contributed by atoms with van der Waals surface area (Å²) in [4.78, 5) is 8.93. The largest absolute Gasteiger partial charge is 0.354 e. The Kier molecular flexibility index (Phi) is 4.51. The first-order valence-electron chi connectivity index (χ1n) is 7.04. The molecule has 1 saturated heterocycles. The van der Waals surface area contributed by atoms with E-state index in [4.69, 9.17) is 0 Å². The molecule has 5 heteroatoms. The van der Waals surface area contributed by atoms with Gasteiger partial charge in [-0.05, 0) is 30.3 Å². The molecule has 0 saturated carbocycles. The first-order chi connectivity index (χ1) is 10.2. The van der Waals surface area contributed by atoms with Crippen LogP contribution in [0, 0.1) is 5.82 Å². The molecule has 1 aromatic carbocycles. The normalized spacial score (nSPS) is 16.2. The number of piperazine rings is 1. The molecule has 0 N–H and O–H groups in total. The van der Waals surface area contributed by atoms with Gasteiger partial charge in [-0.3, -0.25) is 4.90 Å². The van der Waals surface area contributed by atoms with Crippen LogP contribution in [0.25, 0.3) is 0 Å². The molecule has 0 spiro atoms. The summed E-state index contributed by atoms with van der Waals surface area (Å²) in [6.07, 6.45) is 1.82. The lowest BCUT2D eigenvalue weighted by atomic mass is 10.2. The van der Waals surface area contributed by atoms with E-state index in [1.54, 1.807) is 6.07 Å². The number of hydrogen-bond acceptors (Lipinski definition) is 3. The van der Waals surface area contributed by atoms with Gasteiger partial charge >= 0.3 is 0 Å². The Morgan fingerprint density at radius 1 is 1.10 bits per heavy atom. The number of rotatable bonds is 3. The molecule has 1 aliphatic heterocycles. The zero-order valence-electron chi connectivity index (χ0n) is 11.7. The van der Waals surface area contributed by atoms with Gasteiger partial charge in [-0.25, -0.2) is 9.37 Å². The Morgan fingerprint density at radius 3 is 2.62 bits per heavy atom. The van der Waals surface area contributed by atoms with Crippen molar-refractivity contribution >= 4 is 21.7 Å². The highest BCUT2D eigenvalue weighted by atomic mass is 79.9. The Morgan fingerprint density at radius 2 is 1.90 bits per heavy atom. The van der Waals surface area contributed by atoms with Crippen LogP contribution in [0.5, 0.6) is 0 Å². The number of aromatic nitrogens is 1. The SMILES string of the molecule is Fc1ccc(Br)cc1CN1CCN(c2ccccn2)CC1. The summed E-state index contributed by atoms with van der Waals surface area (Å²) in [5, 5.41) is 0. The predicted octanol–water partition coefficient (Wildman–Crippen LogP) is 3.31.